The van der Waals surface area contributed by atoms with E-state index in [0.717, 1.165) is 23.3 Å². The molecule has 108 valence electrons. The van der Waals surface area contributed by atoms with Crippen molar-refractivity contribution < 1.29 is 4.39 Å². The van der Waals surface area contributed by atoms with Gasteiger partial charge in [-0.15, -0.1) is 0 Å². The Morgan fingerprint density at radius 1 is 1.40 bits per heavy atom. The molecular formula is C15H19BrFN3. The molecule has 1 heterocycles. The van der Waals surface area contributed by atoms with Gasteiger partial charge in [0.05, 0.1) is 0 Å². The summed E-state index contributed by atoms with van der Waals surface area (Å²) in [4.78, 5) is 4.59. The third-order valence-corrected chi connectivity index (χ3v) is 3.82. The molecule has 2 aromatic rings. The lowest BCUT2D eigenvalue weighted by molar-refractivity contribution is 0.513. The van der Waals surface area contributed by atoms with Crippen molar-refractivity contribution in [3.63, 3.8) is 0 Å². The molecule has 0 saturated heterocycles. The third kappa shape index (κ3) is 2.87. The van der Waals surface area contributed by atoms with Crippen molar-refractivity contribution in [1.82, 2.24) is 9.55 Å². The maximum absolute atomic E-state index is 13.5. The summed E-state index contributed by atoms with van der Waals surface area (Å²) in [5.74, 6) is 1.71. The Labute approximate surface area is 127 Å². The first-order chi connectivity index (χ1) is 9.43. The van der Waals surface area contributed by atoms with Crippen LogP contribution in [0.25, 0.3) is 11.3 Å². The highest BCUT2D eigenvalue weighted by molar-refractivity contribution is 9.10. The van der Waals surface area contributed by atoms with Crippen LogP contribution in [-0.2, 0) is 13.0 Å². The largest absolute Gasteiger partial charge is 0.383 e. The van der Waals surface area contributed by atoms with Gasteiger partial charge in [0.1, 0.15) is 23.2 Å². The van der Waals surface area contributed by atoms with Crippen LogP contribution < -0.4 is 5.73 Å². The Morgan fingerprint density at radius 2 is 2.10 bits per heavy atom. The minimum absolute atomic E-state index is 0.293. The molecule has 0 atom stereocenters. The van der Waals surface area contributed by atoms with E-state index in [1.54, 1.807) is 6.07 Å². The molecule has 5 heteroatoms. The van der Waals surface area contributed by atoms with Crippen molar-refractivity contribution in [1.29, 1.82) is 0 Å². The molecule has 0 spiro atoms. The molecule has 2 N–H and O–H groups in total. The number of imidazole rings is 1. The van der Waals surface area contributed by atoms with Gasteiger partial charge >= 0.3 is 0 Å². The molecule has 0 saturated carbocycles. The minimum atomic E-state index is -0.293. The molecule has 1 aromatic carbocycles. The molecule has 1 aromatic heterocycles. The molecular weight excluding hydrogens is 321 g/mol. The van der Waals surface area contributed by atoms with Crippen molar-refractivity contribution in [2.75, 3.05) is 5.73 Å². The molecule has 0 bridgehead atoms. The highest BCUT2D eigenvalue weighted by Gasteiger charge is 2.18. The highest BCUT2D eigenvalue weighted by Crippen LogP contribution is 2.33. The van der Waals surface area contributed by atoms with E-state index in [1.165, 1.54) is 12.1 Å². The number of anilines is 1. The summed E-state index contributed by atoms with van der Waals surface area (Å²) in [6.45, 7) is 7.13. The van der Waals surface area contributed by atoms with Gasteiger partial charge in [0.2, 0.25) is 0 Å². The summed E-state index contributed by atoms with van der Waals surface area (Å²) in [7, 11) is 0. The number of hydrogen-bond donors (Lipinski definition) is 1. The Kier molecular flexibility index (Phi) is 4.48. The Hall–Kier alpha value is -1.36. The van der Waals surface area contributed by atoms with Gasteiger partial charge in [0.15, 0.2) is 0 Å². The zero-order valence-electron chi connectivity index (χ0n) is 12.0. The van der Waals surface area contributed by atoms with Crippen LogP contribution in [0.4, 0.5) is 10.2 Å². The lowest BCUT2D eigenvalue weighted by Crippen LogP contribution is -2.11. The average Bonchev–Trinajstić information content (AvgIpc) is 2.69. The van der Waals surface area contributed by atoms with E-state index in [-0.39, 0.29) is 5.82 Å². The maximum Gasteiger partial charge on any atom is 0.131 e. The summed E-state index contributed by atoms with van der Waals surface area (Å²) >= 11 is 3.44. The summed E-state index contributed by atoms with van der Waals surface area (Å²) in [5.41, 5.74) is 7.58. The standard InChI is InChI=1S/C15H19BrFN3/c1-4-13-19-14(15(18)20(13)8-9(2)3)11-7-10(17)5-6-12(11)16/h5-7,9H,4,8,18H2,1-3H3. The molecule has 20 heavy (non-hydrogen) atoms. The van der Waals surface area contributed by atoms with Crippen LogP contribution >= 0.6 is 15.9 Å². The SMILES string of the molecule is CCc1nc(-c2cc(F)ccc2Br)c(N)n1CC(C)C. The normalized spacial score (nSPS) is 11.3. The van der Waals surface area contributed by atoms with E-state index in [4.69, 9.17) is 5.73 Å². The van der Waals surface area contributed by atoms with Crippen LogP contribution in [0.2, 0.25) is 0 Å². The lowest BCUT2D eigenvalue weighted by Gasteiger charge is -2.11. The van der Waals surface area contributed by atoms with Gasteiger partial charge in [-0.2, -0.15) is 0 Å². The van der Waals surface area contributed by atoms with Crippen LogP contribution in [0.5, 0.6) is 0 Å². The Morgan fingerprint density at radius 3 is 2.70 bits per heavy atom. The zero-order chi connectivity index (χ0) is 14.9. The fraction of sp³-hybridized carbons (Fsp3) is 0.400. The molecule has 0 amide bonds. The predicted octanol–water partition coefficient (Wildman–Crippen LogP) is 4.25. The molecule has 0 radical (unpaired) electrons. The number of nitrogen functional groups attached to an aromatic ring is 1. The van der Waals surface area contributed by atoms with Crippen LogP contribution in [0.15, 0.2) is 22.7 Å². The van der Waals surface area contributed by atoms with Gasteiger partial charge in [-0.1, -0.05) is 36.7 Å². The van der Waals surface area contributed by atoms with Gasteiger partial charge in [0, 0.05) is 23.0 Å². The lowest BCUT2D eigenvalue weighted by atomic mass is 10.1. The quantitative estimate of drug-likeness (QED) is 0.904. The van der Waals surface area contributed by atoms with E-state index in [0.29, 0.717) is 23.0 Å². The summed E-state index contributed by atoms with van der Waals surface area (Å²) < 4.78 is 16.3. The number of aryl methyl sites for hydroxylation is 1. The van der Waals surface area contributed by atoms with Gasteiger partial charge in [-0.25, -0.2) is 9.37 Å². The van der Waals surface area contributed by atoms with E-state index in [2.05, 4.69) is 34.8 Å². The molecule has 0 aliphatic rings. The molecule has 3 nitrogen and oxygen atoms in total. The first kappa shape index (κ1) is 15.0. The molecule has 0 aliphatic carbocycles. The minimum Gasteiger partial charge on any atom is -0.383 e. The summed E-state index contributed by atoms with van der Waals surface area (Å²) in [6, 6.07) is 4.55. The fourth-order valence-electron chi connectivity index (χ4n) is 2.23. The smallest absolute Gasteiger partial charge is 0.131 e. The van der Waals surface area contributed by atoms with Crippen LogP contribution in [0, 0.1) is 11.7 Å². The number of nitrogens with two attached hydrogens (primary N) is 1. The predicted molar refractivity (Wildman–Crippen MR) is 83.9 cm³/mol. The number of nitrogens with zero attached hydrogens (tertiary/aromatic N) is 2. The summed E-state index contributed by atoms with van der Waals surface area (Å²) in [6.07, 6.45) is 0.795. The first-order valence-corrected chi connectivity index (χ1v) is 7.53. The average molecular weight is 340 g/mol. The van der Waals surface area contributed by atoms with E-state index in [9.17, 15) is 4.39 Å². The Bertz CT molecular complexity index is 620. The molecule has 0 fully saturated rings. The van der Waals surface area contributed by atoms with Gasteiger partial charge in [-0.3, -0.25) is 0 Å². The van der Waals surface area contributed by atoms with E-state index in [1.807, 2.05) is 11.5 Å². The Balaban J connectivity index is 2.57. The second-order valence-corrected chi connectivity index (χ2v) is 6.10. The molecule has 2 rings (SSSR count). The van der Waals surface area contributed by atoms with Crippen LogP contribution in [0.3, 0.4) is 0 Å². The van der Waals surface area contributed by atoms with E-state index >= 15 is 0 Å². The third-order valence-electron chi connectivity index (χ3n) is 3.13. The van der Waals surface area contributed by atoms with Crippen molar-refractivity contribution in [2.24, 2.45) is 5.92 Å². The molecule has 0 unspecified atom stereocenters. The highest BCUT2D eigenvalue weighted by atomic mass is 79.9. The van der Waals surface area contributed by atoms with E-state index < -0.39 is 0 Å². The number of halogens is 2. The van der Waals surface area contributed by atoms with Crippen molar-refractivity contribution >= 4 is 21.7 Å². The van der Waals surface area contributed by atoms with Crippen LogP contribution in [0.1, 0.15) is 26.6 Å². The second-order valence-electron chi connectivity index (χ2n) is 5.24. The van der Waals surface area contributed by atoms with Gasteiger partial charge in [0.25, 0.3) is 0 Å². The number of rotatable bonds is 4. The number of hydrogen-bond acceptors (Lipinski definition) is 2. The second kappa shape index (κ2) is 5.95. The monoisotopic (exact) mass is 339 g/mol. The molecule has 0 aliphatic heterocycles. The topological polar surface area (TPSA) is 43.8 Å². The van der Waals surface area contributed by atoms with Gasteiger partial charge < -0.3 is 10.3 Å². The van der Waals surface area contributed by atoms with Crippen molar-refractivity contribution in [3.8, 4) is 11.3 Å². The number of benzene rings is 1. The summed E-state index contributed by atoms with van der Waals surface area (Å²) in [5, 5.41) is 0. The zero-order valence-corrected chi connectivity index (χ0v) is 13.5. The van der Waals surface area contributed by atoms with Crippen LogP contribution in [-0.4, -0.2) is 9.55 Å². The van der Waals surface area contributed by atoms with Crippen molar-refractivity contribution in [2.45, 2.75) is 33.7 Å². The van der Waals surface area contributed by atoms with Crippen molar-refractivity contribution in [3.05, 3.63) is 34.3 Å². The fourth-order valence-corrected chi connectivity index (χ4v) is 2.66. The maximum atomic E-state index is 13.5. The van der Waals surface area contributed by atoms with Gasteiger partial charge in [-0.05, 0) is 24.1 Å². The first-order valence-electron chi connectivity index (χ1n) is 6.74. The number of aromatic nitrogens is 2.